The van der Waals surface area contributed by atoms with E-state index in [4.69, 9.17) is 0 Å². The van der Waals surface area contributed by atoms with E-state index in [9.17, 15) is 4.79 Å². The van der Waals surface area contributed by atoms with Crippen LogP contribution in [0.2, 0.25) is 0 Å². The highest BCUT2D eigenvalue weighted by Crippen LogP contribution is 2.07. The number of Topliss-reactive ketones (excluding diaryl/α,β-unsaturated/α-hetero) is 1. The zero-order valence-electron chi connectivity index (χ0n) is 10.7. The van der Waals surface area contributed by atoms with Crippen molar-refractivity contribution in [3.05, 3.63) is 60.2 Å². The first-order chi connectivity index (χ1) is 8.66. The lowest BCUT2D eigenvalue weighted by Crippen LogP contribution is -2.38. The molecule has 0 spiro atoms. The van der Waals surface area contributed by atoms with Crippen molar-refractivity contribution in [3.63, 3.8) is 0 Å². The highest BCUT2D eigenvalue weighted by Gasteiger charge is 2.13. The molecule has 0 unspecified atom stereocenters. The minimum atomic E-state index is 0.113. The number of rotatable bonds is 4. The number of ketones is 1. The Morgan fingerprint density at radius 2 is 2.00 bits per heavy atom. The molecule has 1 heterocycles. The highest BCUT2D eigenvalue weighted by molar-refractivity contribution is 5.94. The van der Waals surface area contributed by atoms with Gasteiger partial charge in [0.1, 0.15) is 5.69 Å². The van der Waals surface area contributed by atoms with E-state index in [-0.39, 0.29) is 5.78 Å². The van der Waals surface area contributed by atoms with Crippen LogP contribution in [-0.2, 0) is 6.54 Å². The van der Waals surface area contributed by atoms with E-state index >= 15 is 0 Å². The van der Waals surface area contributed by atoms with Crippen molar-refractivity contribution in [2.24, 2.45) is 0 Å². The number of nitrogens with zero attached hydrogens (tertiary/aromatic N) is 2. The molecular weight excluding hydrogens is 224 g/mol. The molecule has 0 aliphatic rings. The number of hydrogen-bond donors (Lipinski definition) is 0. The summed E-state index contributed by atoms with van der Waals surface area (Å²) in [5, 5.41) is 0. The molecule has 0 saturated heterocycles. The van der Waals surface area contributed by atoms with Gasteiger partial charge in [0.25, 0.3) is 0 Å². The van der Waals surface area contributed by atoms with Crippen LogP contribution in [-0.4, -0.2) is 10.8 Å². The molecule has 0 radical (unpaired) electrons. The smallest absolute Gasteiger partial charge is 0.227 e. The van der Waals surface area contributed by atoms with Crippen LogP contribution in [0.5, 0.6) is 0 Å². The van der Waals surface area contributed by atoms with Crippen LogP contribution in [0.3, 0.4) is 0 Å². The van der Waals surface area contributed by atoms with Gasteiger partial charge in [-0.25, -0.2) is 4.98 Å². The van der Waals surface area contributed by atoms with Gasteiger partial charge in [0.15, 0.2) is 12.4 Å². The number of hydrogen-bond acceptors (Lipinski definition) is 2. The average molecular weight is 241 g/mol. The molecule has 1 aromatic heterocycles. The second kappa shape index (κ2) is 5.54. The summed E-state index contributed by atoms with van der Waals surface area (Å²) in [6.07, 6.45) is 5.51. The first-order valence-electron chi connectivity index (χ1n) is 6.10. The summed E-state index contributed by atoms with van der Waals surface area (Å²) in [6, 6.07) is 9.35. The Kier molecular flexibility index (Phi) is 3.82. The number of carbonyl (C=O) groups is 1. The van der Waals surface area contributed by atoms with Gasteiger partial charge in [-0.2, -0.15) is 4.57 Å². The summed E-state index contributed by atoms with van der Waals surface area (Å²) < 4.78 is 1.89. The summed E-state index contributed by atoms with van der Waals surface area (Å²) in [7, 11) is 0. The third-order valence-corrected chi connectivity index (χ3v) is 2.79. The lowest BCUT2D eigenvalue weighted by molar-refractivity contribution is -0.684. The zero-order valence-corrected chi connectivity index (χ0v) is 10.7. The molecule has 2 aromatic rings. The van der Waals surface area contributed by atoms with Crippen molar-refractivity contribution in [1.82, 2.24) is 4.98 Å². The molecule has 0 aliphatic carbocycles. The summed E-state index contributed by atoms with van der Waals surface area (Å²) in [5.41, 5.74) is 1.74. The maximum Gasteiger partial charge on any atom is 0.227 e. The monoisotopic (exact) mass is 241 g/mol. The van der Waals surface area contributed by atoms with Crippen molar-refractivity contribution in [2.75, 3.05) is 0 Å². The summed E-state index contributed by atoms with van der Waals surface area (Å²) >= 11 is 0. The van der Waals surface area contributed by atoms with E-state index in [1.54, 1.807) is 6.20 Å². The van der Waals surface area contributed by atoms with E-state index < -0.39 is 0 Å². The Morgan fingerprint density at radius 3 is 2.67 bits per heavy atom. The average Bonchev–Trinajstić information content (AvgIpc) is 2.40. The summed E-state index contributed by atoms with van der Waals surface area (Å²) in [5.74, 6) is 0.478. The van der Waals surface area contributed by atoms with E-state index in [0.29, 0.717) is 12.5 Å². The molecule has 18 heavy (non-hydrogen) atoms. The van der Waals surface area contributed by atoms with Crippen LogP contribution in [0, 0.1) is 0 Å². The zero-order chi connectivity index (χ0) is 13.0. The first-order valence-corrected chi connectivity index (χ1v) is 6.10. The third-order valence-electron chi connectivity index (χ3n) is 2.79. The Labute approximate surface area is 107 Å². The third kappa shape index (κ3) is 3.00. The van der Waals surface area contributed by atoms with Crippen molar-refractivity contribution in [2.45, 2.75) is 26.3 Å². The van der Waals surface area contributed by atoms with E-state index in [1.807, 2.05) is 47.3 Å². The van der Waals surface area contributed by atoms with Crippen molar-refractivity contribution in [1.29, 1.82) is 0 Å². The molecule has 0 bridgehead atoms. The molecule has 0 saturated carbocycles. The molecular formula is C15H17N2O+. The minimum absolute atomic E-state index is 0.113. The van der Waals surface area contributed by atoms with Crippen molar-refractivity contribution in [3.8, 4) is 0 Å². The molecule has 0 N–H and O–H groups in total. The molecule has 3 heteroatoms. The minimum Gasteiger partial charge on any atom is -0.287 e. The van der Waals surface area contributed by atoms with E-state index in [2.05, 4.69) is 18.8 Å². The molecule has 0 aliphatic heterocycles. The fraction of sp³-hybridized carbons (Fsp3) is 0.267. The van der Waals surface area contributed by atoms with Gasteiger partial charge in [0.05, 0.1) is 6.20 Å². The van der Waals surface area contributed by atoms with Crippen molar-refractivity contribution >= 4 is 5.78 Å². The lowest BCUT2D eigenvalue weighted by Gasteiger charge is -2.02. The van der Waals surface area contributed by atoms with Crippen LogP contribution in [0.25, 0.3) is 0 Å². The van der Waals surface area contributed by atoms with Gasteiger partial charge in [-0.15, -0.1) is 0 Å². The topological polar surface area (TPSA) is 33.8 Å². The Hall–Kier alpha value is -2.03. The second-order valence-corrected chi connectivity index (χ2v) is 4.60. The molecule has 92 valence electrons. The lowest BCUT2D eigenvalue weighted by atomic mass is 10.1. The van der Waals surface area contributed by atoms with Gasteiger partial charge >= 0.3 is 0 Å². The van der Waals surface area contributed by atoms with Gasteiger partial charge in [0.2, 0.25) is 12.3 Å². The second-order valence-electron chi connectivity index (χ2n) is 4.60. The van der Waals surface area contributed by atoms with Gasteiger partial charge in [0, 0.05) is 11.5 Å². The fourth-order valence-electron chi connectivity index (χ4n) is 1.73. The number of benzene rings is 1. The standard InChI is InChI=1S/C15H17N2O/c1-12(2)14-10-17(9-8-16-14)11-15(18)13-6-4-3-5-7-13/h3-10,12H,11H2,1-2H3/q+1. The van der Waals surface area contributed by atoms with Gasteiger partial charge < -0.3 is 0 Å². The van der Waals surface area contributed by atoms with Gasteiger partial charge in [-0.3, -0.25) is 4.79 Å². The molecule has 0 atom stereocenters. The predicted molar refractivity (Wildman–Crippen MR) is 69.3 cm³/mol. The number of aromatic nitrogens is 2. The number of carbonyl (C=O) groups excluding carboxylic acids is 1. The Morgan fingerprint density at radius 1 is 1.28 bits per heavy atom. The maximum atomic E-state index is 12.1. The quantitative estimate of drug-likeness (QED) is 0.608. The predicted octanol–water partition coefficient (Wildman–Crippen LogP) is 2.38. The van der Waals surface area contributed by atoms with Crippen LogP contribution >= 0.6 is 0 Å². The van der Waals surface area contributed by atoms with Crippen LogP contribution in [0.4, 0.5) is 0 Å². The first kappa shape index (κ1) is 12.4. The SMILES string of the molecule is CC(C)c1c[n+](CC(=O)c2ccccc2)ccn1. The molecule has 0 fully saturated rings. The van der Waals surface area contributed by atoms with Crippen LogP contribution in [0.15, 0.2) is 48.9 Å². The fourth-order valence-corrected chi connectivity index (χ4v) is 1.73. The molecule has 1 aromatic carbocycles. The van der Waals surface area contributed by atoms with Crippen LogP contribution in [0.1, 0.15) is 35.8 Å². The van der Waals surface area contributed by atoms with E-state index in [0.717, 1.165) is 11.3 Å². The largest absolute Gasteiger partial charge is 0.287 e. The van der Waals surface area contributed by atoms with Crippen molar-refractivity contribution < 1.29 is 9.36 Å². The molecule has 0 amide bonds. The Balaban J connectivity index is 2.15. The molecule has 3 nitrogen and oxygen atoms in total. The molecule has 2 rings (SSSR count). The van der Waals surface area contributed by atoms with Gasteiger partial charge in [-0.05, 0) is 0 Å². The summed E-state index contributed by atoms with van der Waals surface area (Å²) in [4.78, 5) is 16.3. The highest BCUT2D eigenvalue weighted by atomic mass is 16.1. The van der Waals surface area contributed by atoms with Crippen LogP contribution < -0.4 is 4.57 Å². The Bertz CT molecular complexity index is 535. The van der Waals surface area contributed by atoms with E-state index in [1.165, 1.54) is 0 Å². The maximum absolute atomic E-state index is 12.1. The normalized spacial score (nSPS) is 10.6. The van der Waals surface area contributed by atoms with Gasteiger partial charge in [-0.1, -0.05) is 44.2 Å². The summed E-state index contributed by atoms with van der Waals surface area (Å²) in [6.45, 7) is 4.53.